The van der Waals surface area contributed by atoms with Crippen LogP contribution in [-0.4, -0.2) is 48.7 Å². The normalized spacial score (nSPS) is 15.8. The van der Waals surface area contributed by atoms with E-state index in [1.54, 1.807) is 24.7 Å². The Hall–Kier alpha value is -3.06. The molecule has 0 aromatic heterocycles. The lowest BCUT2D eigenvalue weighted by Gasteiger charge is -2.39. The molecule has 2 amide bonds. The zero-order valence-electron chi connectivity index (χ0n) is 14.6. The first kappa shape index (κ1) is 17.8. The molecule has 1 aliphatic heterocycles. The predicted octanol–water partition coefficient (Wildman–Crippen LogP) is 2.09. The molecule has 1 heterocycles. The number of methoxy groups -OCH3 is 2. The van der Waals surface area contributed by atoms with Gasteiger partial charge in [-0.25, -0.2) is 5.48 Å². The molecule has 0 bridgehead atoms. The Morgan fingerprint density at radius 1 is 1.15 bits per heavy atom. The first-order valence-corrected chi connectivity index (χ1v) is 8.17. The van der Waals surface area contributed by atoms with Gasteiger partial charge in [0.2, 0.25) is 0 Å². The van der Waals surface area contributed by atoms with Gasteiger partial charge in [0.25, 0.3) is 11.8 Å². The smallest absolute Gasteiger partial charge is 0.266 e. The molecule has 1 saturated heterocycles. The lowest BCUT2D eigenvalue weighted by Crippen LogP contribution is -2.57. The number of benzene rings is 2. The van der Waals surface area contributed by atoms with Gasteiger partial charge in [-0.05, 0) is 24.1 Å². The standard InChI is InChI=1S/C19H20N2O5/c1-25-16-11-13(19(23)21-9-8-15(21)18(22)20-24)10-14(17(16)26-2)12-6-4-3-5-7-12/h3-7,10-11,15,24H,8-9H2,1-2H3,(H,20,22). The predicted molar refractivity (Wildman–Crippen MR) is 94.4 cm³/mol. The molecule has 26 heavy (non-hydrogen) atoms. The molecule has 136 valence electrons. The van der Waals surface area contributed by atoms with E-state index in [1.807, 2.05) is 30.3 Å². The summed E-state index contributed by atoms with van der Waals surface area (Å²) in [4.78, 5) is 25.9. The number of carbonyl (C=O) groups is 2. The van der Waals surface area contributed by atoms with Crippen LogP contribution in [0, 0.1) is 0 Å². The van der Waals surface area contributed by atoms with Crippen LogP contribution in [0.25, 0.3) is 11.1 Å². The van der Waals surface area contributed by atoms with E-state index in [2.05, 4.69) is 0 Å². The fraction of sp³-hybridized carbons (Fsp3) is 0.263. The van der Waals surface area contributed by atoms with Crippen molar-refractivity contribution >= 4 is 11.8 Å². The van der Waals surface area contributed by atoms with Crippen molar-refractivity contribution in [1.82, 2.24) is 10.4 Å². The van der Waals surface area contributed by atoms with Crippen LogP contribution in [-0.2, 0) is 4.79 Å². The molecule has 2 aromatic carbocycles. The van der Waals surface area contributed by atoms with Gasteiger partial charge in [-0.15, -0.1) is 0 Å². The molecule has 1 aliphatic rings. The molecular formula is C19H20N2O5. The number of carbonyl (C=O) groups excluding carboxylic acids is 2. The number of amides is 2. The number of ether oxygens (including phenoxy) is 2. The van der Waals surface area contributed by atoms with E-state index in [4.69, 9.17) is 14.7 Å². The second-order valence-corrected chi connectivity index (χ2v) is 5.90. The molecule has 0 spiro atoms. The molecule has 0 saturated carbocycles. The number of hydrogen-bond donors (Lipinski definition) is 2. The summed E-state index contributed by atoms with van der Waals surface area (Å²) in [6, 6.07) is 12.2. The van der Waals surface area contributed by atoms with Crippen molar-refractivity contribution < 1.29 is 24.3 Å². The SMILES string of the molecule is COc1cc(C(=O)N2CCC2C(=O)NO)cc(-c2ccccc2)c1OC. The van der Waals surface area contributed by atoms with Crippen molar-refractivity contribution in [3.05, 3.63) is 48.0 Å². The monoisotopic (exact) mass is 356 g/mol. The Kier molecular flexibility index (Phi) is 5.09. The number of hydrogen-bond acceptors (Lipinski definition) is 5. The van der Waals surface area contributed by atoms with Crippen molar-refractivity contribution in [2.24, 2.45) is 0 Å². The third-order valence-electron chi connectivity index (χ3n) is 4.50. The van der Waals surface area contributed by atoms with E-state index in [1.165, 1.54) is 12.0 Å². The Balaban J connectivity index is 2.03. The van der Waals surface area contributed by atoms with E-state index in [-0.39, 0.29) is 5.91 Å². The lowest BCUT2D eigenvalue weighted by atomic mass is 9.97. The van der Waals surface area contributed by atoms with E-state index in [0.29, 0.717) is 30.0 Å². The summed E-state index contributed by atoms with van der Waals surface area (Å²) in [7, 11) is 3.05. The minimum atomic E-state index is -0.666. The second-order valence-electron chi connectivity index (χ2n) is 5.90. The average molecular weight is 356 g/mol. The van der Waals surface area contributed by atoms with E-state index < -0.39 is 11.9 Å². The van der Waals surface area contributed by atoms with Gasteiger partial charge in [-0.3, -0.25) is 14.8 Å². The summed E-state index contributed by atoms with van der Waals surface area (Å²) in [5.41, 5.74) is 3.59. The highest BCUT2D eigenvalue weighted by Gasteiger charge is 2.38. The third kappa shape index (κ3) is 3.09. The van der Waals surface area contributed by atoms with Crippen molar-refractivity contribution in [2.45, 2.75) is 12.5 Å². The fourth-order valence-corrected chi connectivity index (χ4v) is 3.06. The summed E-state index contributed by atoms with van der Waals surface area (Å²) in [6.07, 6.45) is 0.511. The van der Waals surface area contributed by atoms with Gasteiger partial charge in [0.1, 0.15) is 6.04 Å². The minimum absolute atomic E-state index is 0.303. The van der Waals surface area contributed by atoms with Crippen LogP contribution in [0.1, 0.15) is 16.8 Å². The van der Waals surface area contributed by atoms with Gasteiger partial charge < -0.3 is 14.4 Å². The van der Waals surface area contributed by atoms with Crippen LogP contribution in [0.2, 0.25) is 0 Å². The van der Waals surface area contributed by atoms with Crippen LogP contribution >= 0.6 is 0 Å². The topological polar surface area (TPSA) is 88.1 Å². The molecule has 0 radical (unpaired) electrons. The van der Waals surface area contributed by atoms with Crippen LogP contribution in [0.3, 0.4) is 0 Å². The third-order valence-corrected chi connectivity index (χ3v) is 4.50. The van der Waals surface area contributed by atoms with Crippen LogP contribution < -0.4 is 15.0 Å². The van der Waals surface area contributed by atoms with Crippen LogP contribution in [0.15, 0.2) is 42.5 Å². The molecule has 7 heteroatoms. The molecule has 7 nitrogen and oxygen atoms in total. The number of hydroxylamine groups is 1. The first-order chi connectivity index (χ1) is 12.6. The van der Waals surface area contributed by atoms with E-state index in [9.17, 15) is 9.59 Å². The largest absolute Gasteiger partial charge is 0.493 e. The molecular weight excluding hydrogens is 336 g/mol. The van der Waals surface area contributed by atoms with Gasteiger partial charge in [-0.1, -0.05) is 30.3 Å². The van der Waals surface area contributed by atoms with E-state index >= 15 is 0 Å². The highest BCUT2D eigenvalue weighted by Crippen LogP contribution is 2.40. The zero-order chi connectivity index (χ0) is 18.7. The fourth-order valence-electron chi connectivity index (χ4n) is 3.06. The quantitative estimate of drug-likeness (QED) is 0.633. The zero-order valence-corrected chi connectivity index (χ0v) is 14.6. The highest BCUT2D eigenvalue weighted by atomic mass is 16.5. The van der Waals surface area contributed by atoms with Gasteiger partial charge in [-0.2, -0.15) is 0 Å². The van der Waals surface area contributed by atoms with Crippen molar-refractivity contribution in [3.8, 4) is 22.6 Å². The molecule has 1 fully saturated rings. The summed E-state index contributed by atoms with van der Waals surface area (Å²) in [5.74, 6) is 0.0701. The Morgan fingerprint density at radius 2 is 1.88 bits per heavy atom. The minimum Gasteiger partial charge on any atom is -0.493 e. The average Bonchev–Trinajstić information content (AvgIpc) is 2.66. The summed E-state index contributed by atoms with van der Waals surface area (Å²) in [5, 5.41) is 8.81. The number of nitrogens with zero attached hydrogens (tertiary/aromatic N) is 1. The maximum absolute atomic E-state index is 12.9. The molecule has 0 aliphatic carbocycles. The lowest BCUT2D eigenvalue weighted by molar-refractivity contribution is -0.137. The maximum Gasteiger partial charge on any atom is 0.266 e. The van der Waals surface area contributed by atoms with Crippen LogP contribution in [0.4, 0.5) is 0 Å². The summed E-state index contributed by atoms with van der Waals surface area (Å²) in [6.45, 7) is 0.450. The highest BCUT2D eigenvalue weighted by molar-refractivity contribution is 6.00. The van der Waals surface area contributed by atoms with Gasteiger partial charge in [0.05, 0.1) is 14.2 Å². The summed E-state index contributed by atoms with van der Waals surface area (Å²) >= 11 is 0. The van der Waals surface area contributed by atoms with Crippen LogP contribution in [0.5, 0.6) is 11.5 Å². The number of nitrogens with one attached hydrogen (secondary N) is 1. The Bertz CT molecular complexity index is 822. The molecule has 2 N–H and O–H groups in total. The van der Waals surface area contributed by atoms with Crippen molar-refractivity contribution in [1.29, 1.82) is 0 Å². The first-order valence-electron chi connectivity index (χ1n) is 8.17. The second kappa shape index (κ2) is 7.45. The van der Waals surface area contributed by atoms with Crippen molar-refractivity contribution in [3.63, 3.8) is 0 Å². The van der Waals surface area contributed by atoms with Gasteiger partial charge in [0.15, 0.2) is 11.5 Å². The molecule has 1 atom stereocenters. The number of likely N-dealkylation sites (tertiary alicyclic amines) is 1. The maximum atomic E-state index is 12.9. The van der Waals surface area contributed by atoms with Crippen molar-refractivity contribution in [2.75, 3.05) is 20.8 Å². The Labute approximate surface area is 151 Å². The summed E-state index contributed by atoms with van der Waals surface area (Å²) < 4.78 is 10.9. The number of rotatable bonds is 5. The van der Waals surface area contributed by atoms with Gasteiger partial charge >= 0.3 is 0 Å². The Morgan fingerprint density at radius 3 is 2.42 bits per heavy atom. The molecule has 2 aromatic rings. The molecule has 3 rings (SSSR count). The molecule has 1 unspecified atom stereocenters. The van der Waals surface area contributed by atoms with E-state index in [0.717, 1.165) is 11.1 Å². The van der Waals surface area contributed by atoms with Gasteiger partial charge in [0, 0.05) is 17.7 Å².